The molecule has 0 aromatic carbocycles. The summed E-state index contributed by atoms with van der Waals surface area (Å²) in [6, 6.07) is 0. The van der Waals surface area contributed by atoms with Gasteiger partial charge in [-0.2, -0.15) is 0 Å². The lowest BCUT2D eigenvalue weighted by molar-refractivity contribution is 0.435. The Labute approximate surface area is 128 Å². The smallest absolute Gasteiger partial charge is 0.262 e. The van der Waals surface area contributed by atoms with Crippen molar-refractivity contribution in [2.24, 2.45) is 7.05 Å². The predicted molar refractivity (Wildman–Crippen MR) is 86.3 cm³/mol. The van der Waals surface area contributed by atoms with Crippen molar-refractivity contribution in [2.75, 3.05) is 13.1 Å². The second-order valence-corrected chi connectivity index (χ2v) is 7.35. The van der Waals surface area contributed by atoms with Crippen molar-refractivity contribution in [2.45, 2.75) is 44.4 Å². The van der Waals surface area contributed by atoms with Gasteiger partial charge in [0.1, 0.15) is 10.7 Å². The lowest BCUT2D eigenvalue weighted by Crippen LogP contribution is -2.33. The van der Waals surface area contributed by atoms with Crippen LogP contribution in [0, 0.1) is 0 Å². The third-order valence-electron chi connectivity index (χ3n) is 4.89. The number of hydrogen-bond donors (Lipinski definition) is 1. The average molecular weight is 303 g/mol. The van der Waals surface area contributed by atoms with Gasteiger partial charge < -0.3 is 5.32 Å². The van der Waals surface area contributed by atoms with Gasteiger partial charge in [-0.05, 0) is 50.6 Å². The summed E-state index contributed by atoms with van der Waals surface area (Å²) in [5.74, 6) is 1.35. The van der Waals surface area contributed by atoms with Gasteiger partial charge in [0.05, 0.1) is 5.39 Å². The fraction of sp³-hybridized carbons (Fsp3) is 0.625. The maximum absolute atomic E-state index is 12.8. The van der Waals surface area contributed by atoms with Crippen LogP contribution >= 0.6 is 11.3 Å². The van der Waals surface area contributed by atoms with Gasteiger partial charge in [0.15, 0.2) is 0 Å². The summed E-state index contributed by atoms with van der Waals surface area (Å²) >= 11 is 1.76. The Hall–Kier alpha value is -1.20. The third-order valence-corrected chi connectivity index (χ3v) is 6.08. The molecule has 2 aromatic heterocycles. The van der Waals surface area contributed by atoms with Gasteiger partial charge in [-0.3, -0.25) is 9.36 Å². The summed E-state index contributed by atoms with van der Waals surface area (Å²) in [5, 5.41) is 4.33. The van der Waals surface area contributed by atoms with E-state index in [4.69, 9.17) is 4.98 Å². The number of aryl methyl sites for hydroxylation is 2. The lowest BCUT2D eigenvalue weighted by Gasteiger charge is -2.23. The van der Waals surface area contributed by atoms with Crippen molar-refractivity contribution in [3.05, 3.63) is 26.6 Å². The quantitative estimate of drug-likeness (QED) is 0.879. The topological polar surface area (TPSA) is 46.9 Å². The van der Waals surface area contributed by atoms with E-state index in [2.05, 4.69) is 5.32 Å². The predicted octanol–water partition coefficient (Wildman–Crippen LogP) is 2.34. The first kappa shape index (κ1) is 13.5. The molecular weight excluding hydrogens is 282 g/mol. The molecule has 1 N–H and O–H groups in total. The molecule has 112 valence electrons. The molecule has 5 heteroatoms. The molecule has 0 saturated carbocycles. The van der Waals surface area contributed by atoms with Crippen molar-refractivity contribution in [3.8, 4) is 0 Å². The van der Waals surface area contributed by atoms with Crippen molar-refractivity contribution in [1.82, 2.24) is 14.9 Å². The number of rotatable bonds is 1. The zero-order chi connectivity index (χ0) is 14.4. The van der Waals surface area contributed by atoms with Crippen molar-refractivity contribution >= 4 is 21.6 Å². The molecule has 1 atom stereocenters. The summed E-state index contributed by atoms with van der Waals surface area (Å²) in [4.78, 5) is 20.1. The molecule has 0 radical (unpaired) electrons. The van der Waals surface area contributed by atoms with E-state index in [1.807, 2.05) is 11.6 Å². The summed E-state index contributed by atoms with van der Waals surface area (Å²) in [6.45, 7) is 2.02. The highest BCUT2D eigenvalue weighted by Gasteiger charge is 2.24. The summed E-state index contributed by atoms with van der Waals surface area (Å²) < 4.78 is 1.81. The number of fused-ring (bicyclic) bond motifs is 3. The number of aromatic nitrogens is 2. The molecule has 0 bridgehead atoms. The highest BCUT2D eigenvalue weighted by Crippen LogP contribution is 2.34. The number of nitrogens with one attached hydrogen (secondary N) is 1. The molecule has 3 heterocycles. The molecule has 0 amide bonds. The van der Waals surface area contributed by atoms with Gasteiger partial charge in [-0.25, -0.2) is 4.98 Å². The largest absolute Gasteiger partial charge is 0.316 e. The fourth-order valence-electron chi connectivity index (χ4n) is 3.74. The van der Waals surface area contributed by atoms with E-state index in [1.165, 1.54) is 29.7 Å². The molecule has 4 nitrogen and oxygen atoms in total. The second-order valence-electron chi connectivity index (χ2n) is 6.27. The second kappa shape index (κ2) is 5.21. The normalized spacial score (nSPS) is 22.4. The molecule has 2 aliphatic rings. The summed E-state index contributed by atoms with van der Waals surface area (Å²) in [6.07, 6.45) is 6.93. The van der Waals surface area contributed by atoms with Crippen LogP contribution in [0.2, 0.25) is 0 Å². The maximum atomic E-state index is 12.8. The number of nitrogens with zero attached hydrogens (tertiary/aromatic N) is 2. The first-order chi connectivity index (χ1) is 10.3. The van der Waals surface area contributed by atoms with Gasteiger partial charge >= 0.3 is 0 Å². The van der Waals surface area contributed by atoms with E-state index in [-0.39, 0.29) is 5.56 Å². The molecule has 4 rings (SSSR count). The molecule has 2 aromatic rings. The van der Waals surface area contributed by atoms with Gasteiger partial charge in [-0.15, -0.1) is 11.3 Å². The van der Waals surface area contributed by atoms with Crippen LogP contribution in [0.4, 0.5) is 0 Å². The van der Waals surface area contributed by atoms with Crippen molar-refractivity contribution in [3.63, 3.8) is 0 Å². The van der Waals surface area contributed by atoms with E-state index < -0.39 is 0 Å². The molecule has 1 aliphatic heterocycles. The molecule has 0 spiro atoms. The van der Waals surface area contributed by atoms with E-state index in [0.717, 1.165) is 48.4 Å². The van der Waals surface area contributed by atoms with E-state index in [1.54, 1.807) is 11.3 Å². The van der Waals surface area contributed by atoms with Crippen LogP contribution in [0.3, 0.4) is 0 Å². The van der Waals surface area contributed by atoms with Gasteiger partial charge in [0, 0.05) is 24.4 Å². The fourth-order valence-corrected chi connectivity index (χ4v) is 5.00. The Morgan fingerprint density at radius 1 is 1.29 bits per heavy atom. The minimum atomic E-state index is 0.167. The van der Waals surface area contributed by atoms with Gasteiger partial charge in [0.2, 0.25) is 0 Å². The van der Waals surface area contributed by atoms with Crippen LogP contribution < -0.4 is 10.9 Å². The Bertz CT molecular complexity index is 740. The minimum absolute atomic E-state index is 0.167. The van der Waals surface area contributed by atoms with Crippen LogP contribution in [0.15, 0.2) is 4.79 Å². The van der Waals surface area contributed by atoms with E-state index in [0.29, 0.717) is 5.92 Å². The third kappa shape index (κ3) is 2.14. The number of thiophene rings is 1. The summed E-state index contributed by atoms with van der Waals surface area (Å²) in [5.41, 5.74) is 1.46. The highest BCUT2D eigenvalue weighted by atomic mass is 32.1. The Morgan fingerprint density at radius 3 is 2.95 bits per heavy atom. The maximum Gasteiger partial charge on any atom is 0.262 e. The standard InChI is InChI=1S/C16H21N3OS/c1-19-14(10-5-4-8-17-9-10)18-15-13(16(19)20)11-6-2-3-7-12(11)21-15/h10,17H,2-9H2,1H3. The first-order valence-corrected chi connectivity index (χ1v) is 8.79. The van der Waals surface area contributed by atoms with Gasteiger partial charge in [-0.1, -0.05) is 0 Å². The average Bonchev–Trinajstić information content (AvgIpc) is 2.90. The monoisotopic (exact) mass is 303 g/mol. The van der Waals surface area contributed by atoms with Crippen LogP contribution in [0.25, 0.3) is 10.2 Å². The van der Waals surface area contributed by atoms with Crippen molar-refractivity contribution < 1.29 is 0 Å². The zero-order valence-electron chi connectivity index (χ0n) is 12.4. The van der Waals surface area contributed by atoms with Crippen LogP contribution in [-0.4, -0.2) is 22.6 Å². The number of hydrogen-bond acceptors (Lipinski definition) is 4. The van der Waals surface area contributed by atoms with Crippen LogP contribution in [0.5, 0.6) is 0 Å². The van der Waals surface area contributed by atoms with Crippen LogP contribution in [0.1, 0.15) is 47.9 Å². The molecule has 21 heavy (non-hydrogen) atoms. The lowest BCUT2D eigenvalue weighted by atomic mass is 9.96. The zero-order valence-corrected chi connectivity index (χ0v) is 13.3. The first-order valence-electron chi connectivity index (χ1n) is 7.97. The molecule has 1 aliphatic carbocycles. The Morgan fingerprint density at radius 2 is 2.14 bits per heavy atom. The van der Waals surface area contributed by atoms with E-state index >= 15 is 0 Å². The summed E-state index contributed by atoms with van der Waals surface area (Å²) in [7, 11) is 1.89. The minimum Gasteiger partial charge on any atom is -0.316 e. The Kier molecular flexibility index (Phi) is 3.34. The molecule has 1 fully saturated rings. The van der Waals surface area contributed by atoms with Crippen molar-refractivity contribution in [1.29, 1.82) is 0 Å². The molecule has 1 saturated heterocycles. The molecule has 1 unspecified atom stereocenters. The van der Waals surface area contributed by atoms with E-state index in [9.17, 15) is 4.79 Å². The Balaban J connectivity index is 1.90. The van der Waals surface area contributed by atoms with Crippen LogP contribution in [-0.2, 0) is 19.9 Å². The molecular formula is C16H21N3OS. The highest BCUT2D eigenvalue weighted by molar-refractivity contribution is 7.18. The number of piperidine rings is 1. The van der Waals surface area contributed by atoms with Gasteiger partial charge in [0.25, 0.3) is 5.56 Å². The SMILES string of the molecule is Cn1c(C2CCCNC2)nc2sc3c(c2c1=O)CCCC3.